The molecular formula is C17H17BrFNO3. The lowest BCUT2D eigenvalue weighted by Gasteiger charge is -2.22. The average Bonchev–Trinajstić information content (AvgIpc) is 2.55. The third-order valence-electron chi connectivity index (χ3n) is 3.49. The molecule has 23 heavy (non-hydrogen) atoms. The van der Waals surface area contributed by atoms with Crippen LogP contribution in [0, 0.1) is 5.82 Å². The summed E-state index contributed by atoms with van der Waals surface area (Å²) in [5.74, 6) is -0.758. The zero-order valence-corrected chi connectivity index (χ0v) is 14.4. The van der Waals surface area contributed by atoms with Gasteiger partial charge >= 0.3 is 0 Å². The molecule has 6 heteroatoms. The van der Waals surface area contributed by atoms with Gasteiger partial charge < -0.3 is 14.7 Å². The highest BCUT2D eigenvalue weighted by molar-refractivity contribution is 9.10. The van der Waals surface area contributed by atoms with Gasteiger partial charge in [0.1, 0.15) is 5.82 Å². The molecule has 0 aliphatic carbocycles. The minimum Gasteiger partial charge on any atom is -0.504 e. The number of methoxy groups -OCH3 is 1. The fourth-order valence-corrected chi connectivity index (χ4v) is 2.64. The van der Waals surface area contributed by atoms with Crippen LogP contribution in [-0.2, 0) is 6.54 Å². The van der Waals surface area contributed by atoms with Gasteiger partial charge in [0.2, 0.25) is 0 Å². The van der Waals surface area contributed by atoms with Crippen LogP contribution in [0.4, 0.5) is 4.39 Å². The van der Waals surface area contributed by atoms with E-state index in [4.69, 9.17) is 4.74 Å². The van der Waals surface area contributed by atoms with E-state index >= 15 is 0 Å². The molecule has 0 saturated heterocycles. The predicted octanol–water partition coefficient (Wildman–Crippen LogP) is 3.96. The van der Waals surface area contributed by atoms with Crippen LogP contribution in [0.2, 0.25) is 0 Å². The number of amides is 1. The van der Waals surface area contributed by atoms with Gasteiger partial charge in [0, 0.05) is 23.1 Å². The molecule has 122 valence electrons. The normalized spacial score (nSPS) is 10.4. The third kappa shape index (κ3) is 3.82. The molecular weight excluding hydrogens is 365 g/mol. The minimum atomic E-state index is -0.386. The number of carbonyl (C=O) groups is 1. The second-order valence-electron chi connectivity index (χ2n) is 4.91. The van der Waals surface area contributed by atoms with Crippen molar-refractivity contribution in [1.29, 1.82) is 0 Å². The fraction of sp³-hybridized carbons (Fsp3) is 0.235. The first-order valence-electron chi connectivity index (χ1n) is 7.07. The van der Waals surface area contributed by atoms with Crippen molar-refractivity contribution in [3.8, 4) is 11.5 Å². The zero-order valence-electron chi connectivity index (χ0n) is 12.8. The summed E-state index contributed by atoms with van der Waals surface area (Å²) in [7, 11) is 1.41. The molecule has 2 rings (SSSR count). The van der Waals surface area contributed by atoms with Crippen LogP contribution in [0.15, 0.2) is 40.9 Å². The SMILES string of the molecule is CCN(Cc1cc(Br)ccc1F)C(=O)c1cccc(OC)c1O. The van der Waals surface area contributed by atoms with Crippen LogP contribution in [0.25, 0.3) is 0 Å². The number of phenols is 1. The molecule has 0 aliphatic rings. The number of carbonyl (C=O) groups excluding carboxylic acids is 1. The van der Waals surface area contributed by atoms with Crippen LogP contribution in [0.1, 0.15) is 22.8 Å². The summed E-state index contributed by atoms with van der Waals surface area (Å²) in [5.41, 5.74) is 0.526. The Morgan fingerprint density at radius 1 is 1.35 bits per heavy atom. The lowest BCUT2D eigenvalue weighted by atomic mass is 10.1. The molecule has 0 aliphatic heterocycles. The van der Waals surface area contributed by atoms with E-state index < -0.39 is 0 Å². The van der Waals surface area contributed by atoms with E-state index in [1.54, 1.807) is 31.2 Å². The van der Waals surface area contributed by atoms with Gasteiger partial charge in [-0.25, -0.2) is 4.39 Å². The quantitative estimate of drug-likeness (QED) is 0.852. The Bertz CT molecular complexity index is 721. The van der Waals surface area contributed by atoms with E-state index in [2.05, 4.69) is 15.9 Å². The Kier molecular flexibility index (Phi) is 5.60. The summed E-state index contributed by atoms with van der Waals surface area (Å²) in [6.45, 7) is 2.28. The van der Waals surface area contributed by atoms with Gasteiger partial charge in [-0.1, -0.05) is 22.0 Å². The summed E-state index contributed by atoms with van der Waals surface area (Å²) in [4.78, 5) is 14.1. The van der Waals surface area contributed by atoms with Crippen molar-refractivity contribution >= 4 is 21.8 Å². The summed E-state index contributed by atoms with van der Waals surface area (Å²) in [6.07, 6.45) is 0. The van der Waals surface area contributed by atoms with Gasteiger partial charge in [-0.3, -0.25) is 4.79 Å². The molecule has 0 heterocycles. The first kappa shape index (κ1) is 17.3. The van der Waals surface area contributed by atoms with Gasteiger partial charge in [-0.05, 0) is 37.3 Å². The second kappa shape index (κ2) is 7.46. The summed E-state index contributed by atoms with van der Waals surface area (Å²) >= 11 is 3.29. The van der Waals surface area contributed by atoms with Crippen molar-refractivity contribution < 1.29 is 19.0 Å². The molecule has 0 fully saturated rings. The Morgan fingerprint density at radius 3 is 2.74 bits per heavy atom. The highest BCUT2D eigenvalue weighted by Gasteiger charge is 2.21. The predicted molar refractivity (Wildman–Crippen MR) is 89.2 cm³/mol. The maximum atomic E-state index is 13.9. The Morgan fingerprint density at radius 2 is 2.09 bits per heavy atom. The molecule has 0 spiro atoms. The van der Waals surface area contributed by atoms with E-state index in [0.717, 1.165) is 4.47 Å². The van der Waals surface area contributed by atoms with Gasteiger partial charge in [0.15, 0.2) is 11.5 Å². The number of benzene rings is 2. The number of hydrogen-bond acceptors (Lipinski definition) is 3. The molecule has 0 bridgehead atoms. The molecule has 0 atom stereocenters. The number of phenolic OH excluding ortho intramolecular Hbond substituents is 1. The lowest BCUT2D eigenvalue weighted by Crippen LogP contribution is -2.30. The highest BCUT2D eigenvalue weighted by atomic mass is 79.9. The third-order valence-corrected chi connectivity index (χ3v) is 3.98. The Labute approximate surface area is 142 Å². The number of hydrogen-bond donors (Lipinski definition) is 1. The fourth-order valence-electron chi connectivity index (χ4n) is 2.23. The van der Waals surface area contributed by atoms with Crippen LogP contribution in [-0.4, -0.2) is 29.6 Å². The van der Waals surface area contributed by atoms with Gasteiger partial charge in [-0.2, -0.15) is 0 Å². The summed E-state index contributed by atoms with van der Waals surface area (Å²) in [6, 6.07) is 9.29. The largest absolute Gasteiger partial charge is 0.504 e. The van der Waals surface area contributed by atoms with Crippen molar-refractivity contribution in [1.82, 2.24) is 4.90 Å². The Hall–Kier alpha value is -2.08. The van der Waals surface area contributed by atoms with Crippen LogP contribution >= 0.6 is 15.9 Å². The van der Waals surface area contributed by atoms with E-state index in [0.29, 0.717) is 12.1 Å². The number of para-hydroxylation sites is 1. The van der Waals surface area contributed by atoms with E-state index in [9.17, 15) is 14.3 Å². The molecule has 4 nitrogen and oxygen atoms in total. The van der Waals surface area contributed by atoms with Gasteiger partial charge in [-0.15, -0.1) is 0 Å². The molecule has 0 saturated carbocycles. The first-order valence-corrected chi connectivity index (χ1v) is 7.86. The molecule has 2 aromatic carbocycles. The number of nitrogens with zero attached hydrogens (tertiary/aromatic N) is 1. The molecule has 0 radical (unpaired) electrons. The topological polar surface area (TPSA) is 49.8 Å². The monoisotopic (exact) mass is 381 g/mol. The summed E-state index contributed by atoms with van der Waals surface area (Å²) in [5, 5.41) is 10.1. The lowest BCUT2D eigenvalue weighted by molar-refractivity contribution is 0.0747. The van der Waals surface area contributed by atoms with Crippen molar-refractivity contribution in [3.05, 3.63) is 57.8 Å². The Balaban J connectivity index is 2.30. The second-order valence-corrected chi connectivity index (χ2v) is 5.83. The smallest absolute Gasteiger partial charge is 0.258 e. The number of rotatable bonds is 5. The number of ether oxygens (including phenoxy) is 1. The van der Waals surface area contributed by atoms with Crippen LogP contribution in [0.3, 0.4) is 0 Å². The number of halogens is 2. The van der Waals surface area contributed by atoms with Crippen molar-refractivity contribution in [2.75, 3.05) is 13.7 Å². The van der Waals surface area contributed by atoms with E-state index in [1.807, 2.05) is 0 Å². The van der Waals surface area contributed by atoms with Gasteiger partial charge in [0.25, 0.3) is 5.91 Å². The molecule has 0 aromatic heterocycles. The first-order chi connectivity index (χ1) is 11.0. The maximum absolute atomic E-state index is 13.9. The van der Waals surface area contributed by atoms with Crippen LogP contribution < -0.4 is 4.74 Å². The molecule has 1 N–H and O–H groups in total. The molecule has 0 unspecified atom stereocenters. The molecule has 1 amide bonds. The van der Waals surface area contributed by atoms with E-state index in [1.165, 1.54) is 24.1 Å². The van der Waals surface area contributed by atoms with Crippen LogP contribution in [0.5, 0.6) is 11.5 Å². The maximum Gasteiger partial charge on any atom is 0.258 e. The zero-order chi connectivity index (χ0) is 17.0. The van der Waals surface area contributed by atoms with Gasteiger partial charge in [0.05, 0.1) is 12.7 Å². The average molecular weight is 382 g/mol. The summed E-state index contributed by atoms with van der Waals surface area (Å²) < 4.78 is 19.7. The van der Waals surface area contributed by atoms with Crippen molar-refractivity contribution in [3.63, 3.8) is 0 Å². The van der Waals surface area contributed by atoms with Crippen molar-refractivity contribution in [2.45, 2.75) is 13.5 Å². The molecule has 2 aromatic rings. The standard InChI is InChI=1S/C17H17BrFNO3/c1-3-20(10-11-9-12(18)7-8-14(11)19)17(22)13-5-4-6-15(23-2)16(13)21/h4-9,21H,3,10H2,1-2H3. The number of aromatic hydroxyl groups is 1. The van der Waals surface area contributed by atoms with E-state index in [-0.39, 0.29) is 35.3 Å². The highest BCUT2D eigenvalue weighted by Crippen LogP contribution is 2.30. The minimum absolute atomic E-state index is 0.108. The van der Waals surface area contributed by atoms with Crippen molar-refractivity contribution in [2.24, 2.45) is 0 Å².